The molecule has 3 aliphatic rings. The minimum atomic E-state index is -3.80. The number of piperidine rings is 1. The number of nitrogens with zero attached hydrogens (tertiary/aromatic N) is 1. The van der Waals surface area contributed by atoms with Crippen molar-refractivity contribution in [1.29, 1.82) is 0 Å². The van der Waals surface area contributed by atoms with Crippen molar-refractivity contribution < 1.29 is 27.1 Å². The molecule has 0 aromatic heterocycles. The van der Waals surface area contributed by atoms with Crippen LogP contribution < -0.4 is 5.32 Å². The third-order valence-corrected chi connectivity index (χ3v) is 10.3. The number of benzene rings is 1. The van der Waals surface area contributed by atoms with Crippen LogP contribution in [0.2, 0.25) is 0 Å². The maximum absolute atomic E-state index is 14.0. The van der Waals surface area contributed by atoms with Gasteiger partial charge in [-0.15, -0.1) is 11.8 Å². The van der Waals surface area contributed by atoms with Gasteiger partial charge in [0.1, 0.15) is 17.3 Å². The number of aliphatic carboxylic acids is 1. The van der Waals surface area contributed by atoms with Crippen LogP contribution in [-0.4, -0.2) is 41.8 Å². The monoisotopic (exact) mass is 486 g/mol. The van der Waals surface area contributed by atoms with Crippen LogP contribution in [0.1, 0.15) is 50.5 Å². The molecule has 0 bridgehead atoms. The van der Waals surface area contributed by atoms with Crippen molar-refractivity contribution in [2.24, 2.45) is 11.8 Å². The zero-order valence-corrected chi connectivity index (χ0v) is 19.4. The molecule has 1 saturated heterocycles. The molecule has 2 fully saturated rings. The molecule has 1 atom stereocenters. The molecule has 2 aliphatic heterocycles. The Morgan fingerprint density at radius 3 is 2.41 bits per heavy atom. The van der Waals surface area contributed by atoms with Gasteiger partial charge in [-0.25, -0.2) is 26.3 Å². The first-order chi connectivity index (χ1) is 15.2. The summed E-state index contributed by atoms with van der Waals surface area (Å²) in [7, 11) is -3.80. The van der Waals surface area contributed by atoms with Crippen LogP contribution in [0, 0.1) is 23.5 Å². The van der Waals surface area contributed by atoms with Gasteiger partial charge in [-0.2, -0.15) is 0 Å². The molecule has 4 rings (SSSR count). The minimum absolute atomic E-state index is 0.112. The average Bonchev–Trinajstić information content (AvgIpc) is 3.24. The second-order valence-electron chi connectivity index (χ2n) is 8.87. The largest absolute Gasteiger partial charge is 0.477 e. The van der Waals surface area contributed by atoms with Gasteiger partial charge in [0, 0.05) is 24.1 Å². The second kappa shape index (κ2) is 9.30. The standard InChI is InChI=1S/C22H28F2N2O4S2/c23-18-6-7-19(24)15(12-18)14-32(29,30)26-10-8-17(9-11-26)22(16-4-2-1-3-5-16)25-20(13-31-22)21(27)28/h6-7,12-13,16-17,25H,1-5,8-11,14H2,(H,27,28). The van der Waals surface area contributed by atoms with Gasteiger partial charge in [-0.1, -0.05) is 19.3 Å². The molecule has 2 heterocycles. The molecule has 2 N–H and O–H groups in total. The Bertz CT molecular complexity index is 1000. The van der Waals surface area contributed by atoms with E-state index in [1.807, 2.05) is 0 Å². The van der Waals surface area contributed by atoms with Gasteiger partial charge in [-0.05, 0) is 55.7 Å². The number of sulfonamides is 1. The number of hydrogen-bond donors (Lipinski definition) is 2. The average molecular weight is 487 g/mol. The van der Waals surface area contributed by atoms with E-state index in [4.69, 9.17) is 0 Å². The van der Waals surface area contributed by atoms with E-state index >= 15 is 0 Å². The van der Waals surface area contributed by atoms with Crippen LogP contribution in [0.4, 0.5) is 8.78 Å². The highest BCUT2D eigenvalue weighted by atomic mass is 32.2. The van der Waals surface area contributed by atoms with E-state index in [0.717, 1.165) is 43.9 Å². The molecular formula is C22H28F2N2O4S2. The molecular weight excluding hydrogens is 458 g/mol. The Morgan fingerprint density at radius 1 is 1.12 bits per heavy atom. The van der Waals surface area contributed by atoms with E-state index < -0.39 is 38.3 Å². The van der Waals surface area contributed by atoms with Crippen molar-refractivity contribution in [2.45, 2.75) is 55.6 Å². The smallest absolute Gasteiger partial charge is 0.352 e. The van der Waals surface area contributed by atoms with Crippen molar-refractivity contribution in [3.05, 3.63) is 46.5 Å². The topological polar surface area (TPSA) is 86.7 Å². The molecule has 1 aromatic carbocycles. The first-order valence-electron chi connectivity index (χ1n) is 11.0. The Balaban J connectivity index is 1.47. The van der Waals surface area contributed by atoms with E-state index in [2.05, 4.69) is 5.32 Å². The summed E-state index contributed by atoms with van der Waals surface area (Å²) in [6.45, 7) is 0.562. The predicted molar refractivity (Wildman–Crippen MR) is 119 cm³/mol. The summed E-state index contributed by atoms with van der Waals surface area (Å²) in [4.78, 5) is 11.1. The SMILES string of the molecule is O=C(O)C1=CSC(C2CCCCC2)(C2CCN(S(=O)(=O)Cc3cc(F)ccc3F)CC2)N1. The summed E-state index contributed by atoms with van der Waals surface area (Å²) in [5, 5.41) is 14.5. The first kappa shape index (κ1) is 23.5. The van der Waals surface area contributed by atoms with Gasteiger partial charge < -0.3 is 10.4 Å². The van der Waals surface area contributed by atoms with Crippen LogP contribution in [0.25, 0.3) is 0 Å². The number of carboxylic acid groups (broad SMARTS) is 1. The van der Waals surface area contributed by atoms with E-state index in [0.29, 0.717) is 18.8 Å². The lowest BCUT2D eigenvalue weighted by molar-refractivity contribution is -0.133. The van der Waals surface area contributed by atoms with Crippen LogP contribution in [0.15, 0.2) is 29.3 Å². The highest BCUT2D eigenvalue weighted by Gasteiger charge is 2.50. The van der Waals surface area contributed by atoms with E-state index in [9.17, 15) is 27.1 Å². The number of halogens is 2. The molecule has 0 amide bonds. The summed E-state index contributed by atoms with van der Waals surface area (Å²) in [5.74, 6) is -2.53. The third-order valence-electron chi connectivity index (χ3n) is 6.94. The Morgan fingerprint density at radius 2 is 1.78 bits per heavy atom. The molecule has 176 valence electrons. The maximum Gasteiger partial charge on any atom is 0.352 e. The summed E-state index contributed by atoms with van der Waals surface area (Å²) in [6, 6.07) is 2.83. The molecule has 1 aromatic rings. The summed E-state index contributed by atoms with van der Waals surface area (Å²) < 4.78 is 54.6. The number of hydrogen-bond acceptors (Lipinski definition) is 5. The Labute approximate surface area is 191 Å². The van der Waals surface area contributed by atoms with Crippen molar-refractivity contribution in [3.63, 3.8) is 0 Å². The van der Waals surface area contributed by atoms with Crippen LogP contribution >= 0.6 is 11.8 Å². The van der Waals surface area contributed by atoms with Crippen molar-refractivity contribution in [1.82, 2.24) is 9.62 Å². The number of carboxylic acids is 1. The molecule has 0 spiro atoms. The van der Waals surface area contributed by atoms with Crippen LogP contribution in [0.3, 0.4) is 0 Å². The fraction of sp³-hybridized carbons (Fsp3) is 0.591. The molecule has 32 heavy (non-hydrogen) atoms. The lowest BCUT2D eigenvalue weighted by Gasteiger charge is -2.48. The number of rotatable bonds is 6. The predicted octanol–water partition coefficient (Wildman–Crippen LogP) is 4.05. The molecule has 1 unspecified atom stereocenters. The second-order valence-corrected chi connectivity index (χ2v) is 12.0. The van der Waals surface area contributed by atoms with E-state index in [-0.39, 0.29) is 30.3 Å². The molecule has 10 heteroatoms. The van der Waals surface area contributed by atoms with Crippen molar-refractivity contribution in [2.75, 3.05) is 13.1 Å². The van der Waals surface area contributed by atoms with Gasteiger partial charge in [0.25, 0.3) is 0 Å². The third kappa shape index (κ3) is 4.68. The van der Waals surface area contributed by atoms with Gasteiger partial charge in [0.2, 0.25) is 10.0 Å². The molecule has 1 saturated carbocycles. The fourth-order valence-electron chi connectivity index (χ4n) is 5.30. The lowest BCUT2D eigenvalue weighted by Crippen LogP contribution is -2.55. The zero-order chi connectivity index (χ0) is 22.9. The number of thioether (sulfide) groups is 1. The Hall–Kier alpha value is -1.65. The summed E-state index contributed by atoms with van der Waals surface area (Å²) >= 11 is 1.54. The van der Waals surface area contributed by atoms with Crippen molar-refractivity contribution in [3.8, 4) is 0 Å². The number of carbonyl (C=O) groups is 1. The van der Waals surface area contributed by atoms with Crippen LogP contribution in [-0.2, 0) is 20.6 Å². The van der Waals surface area contributed by atoms with Gasteiger partial charge in [0.05, 0.1) is 10.6 Å². The molecule has 0 radical (unpaired) electrons. The normalized spacial score (nSPS) is 26.0. The molecule has 1 aliphatic carbocycles. The lowest BCUT2D eigenvalue weighted by atomic mass is 9.75. The van der Waals surface area contributed by atoms with Gasteiger partial charge >= 0.3 is 5.97 Å². The van der Waals surface area contributed by atoms with Gasteiger partial charge in [-0.3, -0.25) is 0 Å². The van der Waals surface area contributed by atoms with E-state index in [1.54, 1.807) is 17.2 Å². The van der Waals surface area contributed by atoms with Crippen molar-refractivity contribution >= 4 is 27.8 Å². The zero-order valence-electron chi connectivity index (χ0n) is 17.7. The highest BCUT2D eigenvalue weighted by molar-refractivity contribution is 8.03. The fourth-order valence-corrected chi connectivity index (χ4v) is 8.36. The highest BCUT2D eigenvalue weighted by Crippen LogP contribution is 2.51. The van der Waals surface area contributed by atoms with Gasteiger partial charge in [0.15, 0.2) is 0 Å². The first-order valence-corrected chi connectivity index (χ1v) is 13.5. The minimum Gasteiger partial charge on any atom is -0.477 e. The molecule has 6 nitrogen and oxygen atoms in total. The summed E-state index contributed by atoms with van der Waals surface area (Å²) in [5.41, 5.74) is 0.0336. The van der Waals surface area contributed by atoms with Crippen LogP contribution in [0.5, 0.6) is 0 Å². The quantitative estimate of drug-likeness (QED) is 0.631. The van der Waals surface area contributed by atoms with E-state index in [1.165, 1.54) is 10.7 Å². The summed E-state index contributed by atoms with van der Waals surface area (Å²) in [6.07, 6.45) is 6.64. The maximum atomic E-state index is 14.0. The Kier molecular flexibility index (Phi) is 6.84. The number of nitrogens with one attached hydrogen (secondary N) is 1.